The number of thioether (sulfide) groups is 1. The van der Waals surface area contributed by atoms with E-state index in [9.17, 15) is 4.79 Å². The number of hydrogen-bond donors (Lipinski definition) is 1. The molecule has 2 aromatic rings. The van der Waals surface area contributed by atoms with E-state index in [0.29, 0.717) is 21.0 Å². The first kappa shape index (κ1) is 14.1. The molecule has 0 aliphatic carbocycles. The van der Waals surface area contributed by atoms with Crippen LogP contribution >= 0.6 is 35.0 Å². The van der Waals surface area contributed by atoms with Crippen LogP contribution in [-0.4, -0.2) is 21.0 Å². The summed E-state index contributed by atoms with van der Waals surface area (Å²) in [5, 5.41) is 10.4. The van der Waals surface area contributed by atoms with Crippen LogP contribution in [0.5, 0.6) is 0 Å². The lowest BCUT2D eigenvalue weighted by Crippen LogP contribution is -1.97. The van der Waals surface area contributed by atoms with E-state index in [-0.39, 0.29) is 5.56 Å². The summed E-state index contributed by atoms with van der Waals surface area (Å²) < 4.78 is 0. The molecule has 0 aliphatic heterocycles. The Morgan fingerprint density at radius 2 is 2.11 bits per heavy atom. The van der Waals surface area contributed by atoms with E-state index in [1.807, 2.05) is 0 Å². The van der Waals surface area contributed by atoms with Crippen LogP contribution in [0.15, 0.2) is 35.6 Å². The van der Waals surface area contributed by atoms with Gasteiger partial charge in [-0.05, 0) is 23.8 Å². The van der Waals surface area contributed by atoms with Gasteiger partial charge in [0.25, 0.3) is 0 Å². The van der Waals surface area contributed by atoms with Gasteiger partial charge in [-0.3, -0.25) is 0 Å². The first-order valence-electron chi connectivity index (χ1n) is 5.18. The highest BCUT2D eigenvalue weighted by molar-refractivity contribution is 7.98. The van der Waals surface area contributed by atoms with E-state index in [2.05, 4.69) is 9.97 Å². The highest BCUT2D eigenvalue weighted by atomic mass is 35.5. The van der Waals surface area contributed by atoms with Gasteiger partial charge in [0.1, 0.15) is 5.15 Å². The number of aromatic carboxylic acids is 1. The Kier molecular flexibility index (Phi) is 4.63. The van der Waals surface area contributed by atoms with Gasteiger partial charge in [-0.15, -0.1) is 11.8 Å². The molecule has 0 fully saturated rings. The van der Waals surface area contributed by atoms with E-state index >= 15 is 0 Å². The largest absolute Gasteiger partial charge is 0.478 e. The summed E-state index contributed by atoms with van der Waals surface area (Å²) in [5.41, 5.74) is 1.02. The van der Waals surface area contributed by atoms with E-state index < -0.39 is 5.97 Å². The molecule has 0 aromatic carbocycles. The summed E-state index contributed by atoms with van der Waals surface area (Å²) in [6.45, 7) is 0. The van der Waals surface area contributed by atoms with Crippen molar-refractivity contribution in [2.45, 2.75) is 10.8 Å². The van der Waals surface area contributed by atoms with Crippen molar-refractivity contribution in [3.63, 3.8) is 0 Å². The Bertz CT molecular complexity index is 622. The molecule has 2 heterocycles. The van der Waals surface area contributed by atoms with Gasteiger partial charge in [0.2, 0.25) is 0 Å². The Labute approximate surface area is 123 Å². The first-order valence-corrected chi connectivity index (χ1v) is 6.92. The second-order valence-corrected chi connectivity index (χ2v) is 5.37. The summed E-state index contributed by atoms with van der Waals surface area (Å²) in [6.07, 6.45) is 3.06. The lowest BCUT2D eigenvalue weighted by Gasteiger charge is -2.04. The molecular weight excluding hydrogens is 307 g/mol. The van der Waals surface area contributed by atoms with Gasteiger partial charge < -0.3 is 5.11 Å². The minimum absolute atomic E-state index is 0.206. The molecule has 0 bridgehead atoms. The fourth-order valence-electron chi connectivity index (χ4n) is 1.32. The quantitative estimate of drug-likeness (QED) is 0.687. The Hall–Kier alpha value is -1.30. The van der Waals surface area contributed by atoms with E-state index in [1.54, 1.807) is 12.3 Å². The number of hydrogen-bond acceptors (Lipinski definition) is 4. The number of carboxylic acids is 1. The van der Waals surface area contributed by atoms with Crippen molar-refractivity contribution in [2.75, 3.05) is 0 Å². The van der Waals surface area contributed by atoms with Gasteiger partial charge in [-0.1, -0.05) is 23.2 Å². The molecule has 2 rings (SSSR count). The topological polar surface area (TPSA) is 63.1 Å². The minimum atomic E-state index is -0.976. The number of rotatable bonds is 4. The van der Waals surface area contributed by atoms with Crippen LogP contribution < -0.4 is 0 Å². The average Bonchev–Trinajstić information content (AvgIpc) is 2.38. The van der Waals surface area contributed by atoms with Crippen LogP contribution in [0.1, 0.15) is 15.9 Å². The normalized spacial score (nSPS) is 10.4. The zero-order valence-corrected chi connectivity index (χ0v) is 11.8. The SMILES string of the molecule is O=C(O)c1ccnc(SCc2cnc(Cl)cc2Cl)c1. The third-order valence-corrected chi connectivity index (χ3v) is 3.79. The summed E-state index contributed by atoms with van der Waals surface area (Å²) in [7, 11) is 0. The van der Waals surface area contributed by atoms with Crippen LogP contribution in [0.3, 0.4) is 0 Å². The zero-order valence-electron chi connectivity index (χ0n) is 9.51. The number of nitrogens with zero attached hydrogens (tertiary/aromatic N) is 2. The molecule has 7 heteroatoms. The molecule has 0 aliphatic rings. The van der Waals surface area contributed by atoms with Gasteiger partial charge in [0.15, 0.2) is 0 Å². The van der Waals surface area contributed by atoms with Crippen molar-refractivity contribution in [1.82, 2.24) is 9.97 Å². The van der Waals surface area contributed by atoms with Gasteiger partial charge in [-0.25, -0.2) is 14.8 Å². The summed E-state index contributed by atoms with van der Waals surface area (Å²) in [5.74, 6) is -0.436. The third-order valence-electron chi connectivity index (χ3n) is 2.25. The monoisotopic (exact) mass is 314 g/mol. The third kappa shape index (κ3) is 3.83. The van der Waals surface area contributed by atoms with Gasteiger partial charge in [0, 0.05) is 23.2 Å². The lowest BCUT2D eigenvalue weighted by atomic mass is 10.3. The summed E-state index contributed by atoms with van der Waals surface area (Å²) in [4.78, 5) is 18.9. The molecule has 0 saturated carbocycles. The summed E-state index contributed by atoms with van der Waals surface area (Å²) >= 11 is 13.1. The number of carbonyl (C=O) groups is 1. The minimum Gasteiger partial charge on any atom is -0.478 e. The predicted octanol–water partition coefficient (Wildman–Crippen LogP) is 3.77. The maximum Gasteiger partial charge on any atom is 0.335 e. The van der Waals surface area contributed by atoms with Gasteiger partial charge in [-0.2, -0.15) is 0 Å². The number of carboxylic acid groups (broad SMARTS) is 1. The average molecular weight is 315 g/mol. The molecule has 19 heavy (non-hydrogen) atoms. The molecule has 98 valence electrons. The van der Waals surface area contributed by atoms with Gasteiger partial charge >= 0.3 is 5.97 Å². The second-order valence-electron chi connectivity index (χ2n) is 3.58. The van der Waals surface area contributed by atoms with Crippen LogP contribution in [0.2, 0.25) is 10.2 Å². The highest BCUT2D eigenvalue weighted by Crippen LogP contribution is 2.26. The smallest absolute Gasteiger partial charge is 0.335 e. The van der Waals surface area contributed by atoms with Crippen LogP contribution in [0, 0.1) is 0 Å². The Balaban J connectivity index is 2.10. The number of pyridine rings is 2. The van der Waals surface area contributed by atoms with E-state index in [1.165, 1.54) is 30.1 Å². The van der Waals surface area contributed by atoms with Crippen molar-refractivity contribution < 1.29 is 9.90 Å². The lowest BCUT2D eigenvalue weighted by molar-refractivity contribution is 0.0696. The zero-order chi connectivity index (χ0) is 13.8. The summed E-state index contributed by atoms with van der Waals surface area (Å²) in [6, 6.07) is 4.54. The fourth-order valence-corrected chi connectivity index (χ4v) is 2.71. The van der Waals surface area contributed by atoms with Crippen molar-refractivity contribution >= 4 is 40.9 Å². The number of aromatic nitrogens is 2. The van der Waals surface area contributed by atoms with Crippen molar-refractivity contribution in [3.05, 3.63) is 51.9 Å². The molecule has 0 saturated heterocycles. The Morgan fingerprint density at radius 3 is 2.79 bits per heavy atom. The standard InChI is InChI=1S/C12H8Cl2N2O2S/c13-9-4-10(14)16-5-8(9)6-19-11-3-7(12(17)18)1-2-15-11/h1-5H,6H2,(H,17,18). The van der Waals surface area contributed by atoms with Crippen LogP contribution in [-0.2, 0) is 5.75 Å². The second kappa shape index (κ2) is 6.23. The van der Waals surface area contributed by atoms with Crippen molar-refractivity contribution in [2.24, 2.45) is 0 Å². The predicted molar refractivity (Wildman–Crippen MR) is 75.0 cm³/mol. The maximum absolute atomic E-state index is 10.8. The van der Waals surface area contributed by atoms with Gasteiger partial charge in [0.05, 0.1) is 10.6 Å². The van der Waals surface area contributed by atoms with E-state index in [4.69, 9.17) is 28.3 Å². The molecular formula is C12H8Cl2N2O2S. The molecule has 0 spiro atoms. The Morgan fingerprint density at radius 1 is 1.32 bits per heavy atom. The highest BCUT2D eigenvalue weighted by Gasteiger charge is 2.07. The molecule has 0 atom stereocenters. The molecule has 4 nitrogen and oxygen atoms in total. The van der Waals surface area contributed by atoms with E-state index in [0.717, 1.165) is 5.56 Å². The first-order chi connectivity index (χ1) is 9.06. The molecule has 0 radical (unpaired) electrons. The molecule has 0 amide bonds. The number of halogens is 2. The van der Waals surface area contributed by atoms with Crippen LogP contribution in [0.4, 0.5) is 0 Å². The molecule has 2 aromatic heterocycles. The molecule has 1 N–H and O–H groups in total. The fraction of sp³-hybridized carbons (Fsp3) is 0.0833. The van der Waals surface area contributed by atoms with Crippen molar-refractivity contribution in [3.8, 4) is 0 Å². The maximum atomic E-state index is 10.8. The van der Waals surface area contributed by atoms with Crippen molar-refractivity contribution in [1.29, 1.82) is 0 Å². The molecule has 0 unspecified atom stereocenters. The van der Waals surface area contributed by atoms with Crippen LogP contribution in [0.25, 0.3) is 0 Å².